The predicted octanol–water partition coefficient (Wildman–Crippen LogP) is 5.25. The minimum absolute atomic E-state index is 0.00632. The molecule has 178 valence electrons. The van der Waals surface area contributed by atoms with Crippen molar-refractivity contribution >= 4 is 27.5 Å². The minimum atomic E-state index is -4.32. The van der Waals surface area contributed by atoms with E-state index in [1.807, 2.05) is 37.4 Å². The number of aromatic nitrogens is 2. The monoisotopic (exact) mass is 489 g/mol. The van der Waals surface area contributed by atoms with Gasteiger partial charge in [-0.05, 0) is 36.0 Å². The Bertz CT molecular complexity index is 1250. The average molecular weight is 490 g/mol. The highest BCUT2D eigenvalue weighted by molar-refractivity contribution is 7.89. The van der Waals surface area contributed by atoms with Crippen molar-refractivity contribution in [3.8, 4) is 11.1 Å². The second kappa shape index (κ2) is 9.30. The molecule has 7 nitrogen and oxygen atoms in total. The van der Waals surface area contributed by atoms with E-state index >= 15 is 0 Å². The van der Waals surface area contributed by atoms with Crippen molar-refractivity contribution in [3.05, 3.63) is 58.5 Å². The van der Waals surface area contributed by atoms with Gasteiger partial charge in [-0.2, -0.15) is 8.42 Å². The molecule has 0 saturated heterocycles. The molecule has 0 unspecified atom stereocenters. The number of hydrogen-bond acceptors (Lipinski definition) is 6. The summed E-state index contributed by atoms with van der Waals surface area (Å²) in [5, 5.41) is 0. The van der Waals surface area contributed by atoms with Crippen LogP contribution in [0.1, 0.15) is 56.4 Å². The predicted molar refractivity (Wildman–Crippen MR) is 131 cm³/mol. The highest BCUT2D eigenvalue weighted by Gasteiger charge is 2.29. The number of carbonyl (C=O) groups is 1. The van der Waals surface area contributed by atoms with Gasteiger partial charge in [0.15, 0.2) is 4.21 Å². The Morgan fingerprint density at radius 1 is 1.21 bits per heavy atom. The van der Waals surface area contributed by atoms with E-state index in [-0.39, 0.29) is 9.62 Å². The normalized spacial score (nSPS) is 12.3. The molecule has 3 rings (SSSR count). The molecule has 2 N–H and O–H groups in total. The van der Waals surface area contributed by atoms with Crippen molar-refractivity contribution in [3.63, 3.8) is 0 Å². The number of carbonyl (C=O) groups excluding carboxylic acids is 1. The van der Waals surface area contributed by atoms with E-state index in [9.17, 15) is 13.2 Å². The zero-order chi connectivity index (χ0) is 24.6. The van der Waals surface area contributed by atoms with Crippen LogP contribution in [0.2, 0.25) is 0 Å². The number of nitrogens with zero attached hydrogens (tertiary/aromatic N) is 2. The second-order valence-corrected chi connectivity index (χ2v) is 12.4. The van der Waals surface area contributed by atoms with Crippen molar-refractivity contribution in [1.82, 2.24) is 9.55 Å². The fourth-order valence-electron chi connectivity index (χ4n) is 3.81. The van der Waals surface area contributed by atoms with Crippen LogP contribution in [-0.2, 0) is 32.7 Å². The molecule has 1 amide bonds. The van der Waals surface area contributed by atoms with Gasteiger partial charge in [0.2, 0.25) is 0 Å². The van der Waals surface area contributed by atoms with Crippen LogP contribution in [0, 0.1) is 12.8 Å². The first-order valence-electron chi connectivity index (χ1n) is 10.8. The number of primary amides is 1. The van der Waals surface area contributed by atoms with Gasteiger partial charge in [-0.3, -0.25) is 0 Å². The van der Waals surface area contributed by atoms with Gasteiger partial charge < -0.3 is 14.5 Å². The molecule has 0 saturated carbocycles. The van der Waals surface area contributed by atoms with Gasteiger partial charge in [0.05, 0.1) is 0 Å². The average Bonchev–Trinajstić information content (AvgIpc) is 3.27. The van der Waals surface area contributed by atoms with Crippen molar-refractivity contribution in [2.24, 2.45) is 11.7 Å². The van der Waals surface area contributed by atoms with Gasteiger partial charge in [0.25, 0.3) is 0 Å². The Balaban J connectivity index is 2.01. The maximum atomic E-state index is 12.8. The van der Waals surface area contributed by atoms with Crippen molar-refractivity contribution in [2.75, 3.05) is 0 Å². The van der Waals surface area contributed by atoms with Crippen LogP contribution in [0.5, 0.6) is 0 Å². The molecule has 0 bridgehead atoms. The molecule has 0 spiro atoms. The number of nitrogens with two attached hydrogens (primary N) is 1. The van der Waals surface area contributed by atoms with E-state index in [1.54, 1.807) is 6.20 Å². The molecule has 2 heterocycles. The Kier molecular flexibility index (Phi) is 7.04. The zero-order valence-corrected chi connectivity index (χ0v) is 21.5. The third-order valence-electron chi connectivity index (χ3n) is 5.21. The molecule has 2 aromatic heterocycles. The molecule has 0 radical (unpaired) electrons. The van der Waals surface area contributed by atoms with E-state index in [0.717, 1.165) is 45.1 Å². The van der Waals surface area contributed by atoms with Crippen LogP contribution >= 0.6 is 11.3 Å². The molecule has 33 heavy (non-hydrogen) atoms. The lowest BCUT2D eigenvalue weighted by atomic mass is 9.95. The Morgan fingerprint density at radius 2 is 1.85 bits per heavy atom. The number of amides is 1. The van der Waals surface area contributed by atoms with E-state index in [0.29, 0.717) is 18.0 Å². The van der Waals surface area contributed by atoms with E-state index in [1.165, 1.54) is 0 Å². The van der Waals surface area contributed by atoms with Gasteiger partial charge in [-0.25, -0.2) is 9.78 Å². The standard InChI is InChI=1S/C24H31N3O4S2/c1-15(2)13-19-16(3)20(21(32-19)33(29,30)31-23(25)28)18-9-7-17(8-10-18)14-27-12-11-26-22(27)24(4,5)6/h7-12,15H,13-14H2,1-6H3,(H2,25,28). The molecule has 0 atom stereocenters. The first kappa shape index (κ1) is 25.0. The molecule has 0 aliphatic carbocycles. The number of rotatable bonds is 7. The molecule has 1 aromatic carbocycles. The van der Waals surface area contributed by atoms with Gasteiger partial charge in [0.1, 0.15) is 5.82 Å². The molecule has 3 aromatic rings. The number of hydrogen-bond donors (Lipinski definition) is 1. The summed E-state index contributed by atoms with van der Waals surface area (Å²) >= 11 is 1.14. The fourth-order valence-corrected chi connectivity index (χ4v) is 6.70. The van der Waals surface area contributed by atoms with E-state index in [4.69, 9.17) is 5.73 Å². The minimum Gasteiger partial charge on any atom is -0.334 e. The Morgan fingerprint density at radius 3 is 2.39 bits per heavy atom. The van der Waals surface area contributed by atoms with E-state index < -0.39 is 16.2 Å². The topological polar surface area (TPSA) is 104 Å². The maximum Gasteiger partial charge on any atom is 0.420 e. The summed E-state index contributed by atoms with van der Waals surface area (Å²) in [4.78, 5) is 16.7. The lowest BCUT2D eigenvalue weighted by Gasteiger charge is -2.20. The molecular weight excluding hydrogens is 458 g/mol. The lowest BCUT2D eigenvalue weighted by molar-refractivity contribution is 0.213. The lowest BCUT2D eigenvalue weighted by Crippen LogP contribution is -2.19. The second-order valence-electron chi connectivity index (χ2n) is 9.59. The van der Waals surface area contributed by atoms with Crippen LogP contribution < -0.4 is 5.73 Å². The van der Waals surface area contributed by atoms with Crippen molar-refractivity contribution in [2.45, 2.75) is 64.1 Å². The summed E-state index contributed by atoms with van der Waals surface area (Å²) in [5.74, 6) is 1.34. The molecule has 0 aliphatic heterocycles. The van der Waals surface area contributed by atoms with Crippen LogP contribution in [0.15, 0.2) is 40.9 Å². The SMILES string of the molecule is Cc1c(CC(C)C)sc(S(=O)(=O)OC(N)=O)c1-c1ccc(Cn2ccnc2C(C)(C)C)cc1. The molecule has 0 aliphatic rings. The van der Waals surface area contributed by atoms with Gasteiger partial charge >= 0.3 is 16.2 Å². The third kappa shape index (κ3) is 5.65. The van der Waals surface area contributed by atoms with E-state index in [2.05, 4.69) is 48.4 Å². The Labute approximate surface area is 199 Å². The molecule has 9 heteroatoms. The molecular formula is C24H31N3O4S2. The summed E-state index contributed by atoms with van der Waals surface area (Å²) in [7, 11) is -4.32. The summed E-state index contributed by atoms with van der Waals surface area (Å²) < 4.78 is 32.2. The third-order valence-corrected chi connectivity index (χ3v) is 8.22. The Hall–Kier alpha value is -2.65. The fraction of sp³-hybridized carbons (Fsp3) is 0.417. The smallest absolute Gasteiger partial charge is 0.334 e. The highest BCUT2D eigenvalue weighted by Crippen LogP contribution is 2.41. The summed E-state index contributed by atoms with van der Waals surface area (Å²) in [6.45, 7) is 13.1. The van der Waals surface area contributed by atoms with Crippen molar-refractivity contribution < 1.29 is 17.4 Å². The zero-order valence-electron chi connectivity index (χ0n) is 19.9. The van der Waals surface area contributed by atoms with Crippen LogP contribution in [0.3, 0.4) is 0 Å². The highest BCUT2D eigenvalue weighted by atomic mass is 32.3. The first-order chi connectivity index (χ1) is 15.3. The molecule has 0 fully saturated rings. The summed E-state index contributed by atoms with van der Waals surface area (Å²) in [6, 6.07) is 7.76. The largest absolute Gasteiger partial charge is 0.420 e. The van der Waals surface area contributed by atoms with Crippen LogP contribution in [0.25, 0.3) is 11.1 Å². The summed E-state index contributed by atoms with van der Waals surface area (Å²) in [5.41, 5.74) is 8.18. The summed E-state index contributed by atoms with van der Waals surface area (Å²) in [6.07, 6.45) is 3.14. The van der Waals surface area contributed by atoms with Gasteiger partial charge in [-0.15, -0.1) is 11.3 Å². The number of benzene rings is 1. The quantitative estimate of drug-likeness (QED) is 0.457. The maximum absolute atomic E-state index is 12.8. The number of imidazole rings is 1. The first-order valence-corrected chi connectivity index (χ1v) is 13.0. The van der Waals surface area contributed by atoms with Crippen LogP contribution in [0.4, 0.5) is 4.79 Å². The van der Waals surface area contributed by atoms with Gasteiger partial charge in [-0.1, -0.05) is 58.9 Å². The number of thiophene rings is 1. The van der Waals surface area contributed by atoms with Crippen LogP contribution in [-0.4, -0.2) is 24.1 Å². The van der Waals surface area contributed by atoms with Gasteiger partial charge in [0, 0.05) is 34.8 Å². The van der Waals surface area contributed by atoms with Crippen molar-refractivity contribution in [1.29, 1.82) is 0 Å².